The summed E-state index contributed by atoms with van der Waals surface area (Å²) in [6.07, 6.45) is 0.504. The molecule has 5 nitrogen and oxygen atoms in total. The second-order valence-corrected chi connectivity index (χ2v) is 6.34. The first kappa shape index (κ1) is 17.5. The average Bonchev–Trinajstić information content (AvgIpc) is 3.06. The zero-order valence-electron chi connectivity index (χ0n) is 13.4. The fourth-order valence-corrected chi connectivity index (χ4v) is 2.71. The molecule has 0 aliphatic carbocycles. The van der Waals surface area contributed by atoms with Crippen LogP contribution < -0.4 is 5.32 Å². The molecule has 7 heteroatoms. The fraction of sp³-hybridized carbons (Fsp3) is 0.167. The first-order chi connectivity index (χ1) is 12.0. The molecule has 0 aliphatic heterocycles. The van der Waals surface area contributed by atoms with Crippen LogP contribution in [0.1, 0.15) is 17.9 Å². The van der Waals surface area contributed by atoms with E-state index in [2.05, 4.69) is 15.5 Å². The predicted octanol–water partition coefficient (Wildman–Crippen LogP) is 4.92. The summed E-state index contributed by atoms with van der Waals surface area (Å²) in [5, 5.41) is 7.43. The van der Waals surface area contributed by atoms with E-state index in [1.165, 1.54) is 0 Å². The van der Waals surface area contributed by atoms with Gasteiger partial charge in [-0.2, -0.15) is 4.98 Å². The van der Waals surface area contributed by atoms with Crippen molar-refractivity contribution >= 4 is 34.8 Å². The smallest absolute Gasteiger partial charge is 0.227 e. The summed E-state index contributed by atoms with van der Waals surface area (Å²) >= 11 is 12.1. The summed E-state index contributed by atoms with van der Waals surface area (Å²) in [6.45, 7) is 2.01. The highest BCUT2D eigenvalue weighted by Gasteiger charge is 2.13. The quantitative estimate of drug-likeness (QED) is 0.686. The summed E-state index contributed by atoms with van der Waals surface area (Å²) in [4.78, 5) is 16.4. The molecule has 1 heterocycles. The van der Waals surface area contributed by atoms with Gasteiger partial charge in [-0.15, -0.1) is 0 Å². The lowest BCUT2D eigenvalue weighted by Gasteiger charge is -2.08. The Balaban J connectivity index is 1.60. The minimum atomic E-state index is -0.231. The molecule has 0 spiro atoms. The number of nitrogens with one attached hydrogen (secondary N) is 1. The molecule has 0 atom stereocenters. The number of rotatable bonds is 5. The first-order valence-electron chi connectivity index (χ1n) is 7.66. The number of benzene rings is 2. The van der Waals surface area contributed by atoms with Gasteiger partial charge in [0.2, 0.25) is 17.6 Å². The van der Waals surface area contributed by atoms with Gasteiger partial charge < -0.3 is 9.84 Å². The zero-order chi connectivity index (χ0) is 17.8. The lowest BCUT2D eigenvalue weighted by molar-refractivity contribution is -0.116. The Hall–Kier alpha value is -2.37. The number of hydrogen-bond donors (Lipinski definition) is 1. The molecule has 3 rings (SSSR count). The molecule has 0 saturated heterocycles. The highest BCUT2D eigenvalue weighted by Crippen LogP contribution is 2.29. The summed E-state index contributed by atoms with van der Waals surface area (Å²) < 4.78 is 5.20. The lowest BCUT2D eigenvalue weighted by Crippen LogP contribution is -2.13. The Morgan fingerprint density at radius 3 is 2.48 bits per heavy atom. The van der Waals surface area contributed by atoms with Crippen LogP contribution in [0.2, 0.25) is 10.0 Å². The van der Waals surface area contributed by atoms with Crippen LogP contribution in [-0.2, 0) is 11.2 Å². The normalized spacial score (nSPS) is 10.7. The van der Waals surface area contributed by atoms with E-state index >= 15 is 0 Å². The van der Waals surface area contributed by atoms with E-state index in [4.69, 9.17) is 27.7 Å². The van der Waals surface area contributed by atoms with E-state index in [-0.39, 0.29) is 12.3 Å². The molecule has 0 radical (unpaired) electrons. The van der Waals surface area contributed by atoms with Crippen LogP contribution >= 0.6 is 23.2 Å². The van der Waals surface area contributed by atoms with Gasteiger partial charge in [-0.25, -0.2) is 0 Å². The van der Waals surface area contributed by atoms with Crippen LogP contribution in [0, 0.1) is 6.92 Å². The second kappa shape index (κ2) is 7.68. The number of para-hydroxylation sites is 1. The maximum Gasteiger partial charge on any atom is 0.227 e. The minimum absolute atomic E-state index is 0.178. The number of aryl methyl sites for hydroxylation is 2. The van der Waals surface area contributed by atoms with Crippen LogP contribution in [0.25, 0.3) is 11.4 Å². The van der Waals surface area contributed by atoms with Crippen molar-refractivity contribution in [2.45, 2.75) is 19.8 Å². The van der Waals surface area contributed by atoms with E-state index in [1.807, 2.05) is 31.2 Å². The number of halogens is 2. The molecule has 2 aromatic carbocycles. The van der Waals surface area contributed by atoms with Crippen molar-refractivity contribution in [1.82, 2.24) is 10.1 Å². The van der Waals surface area contributed by atoms with Gasteiger partial charge in [0.25, 0.3) is 0 Å². The third-order valence-corrected chi connectivity index (χ3v) is 4.20. The average molecular weight is 376 g/mol. The minimum Gasteiger partial charge on any atom is -0.339 e. The molecule has 1 amide bonds. The highest BCUT2D eigenvalue weighted by atomic mass is 35.5. The van der Waals surface area contributed by atoms with Crippen molar-refractivity contribution in [2.75, 3.05) is 5.32 Å². The largest absolute Gasteiger partial charge is 0.339 e. The number of carbonyl (C=O) groups is 1. The maximum atomic E-state index is 12.1. The van der Waals surface area contributed by atoms with Gasteiger partial charge in [0.1, 0.15) is 0 Å². The van der Waals surface area contributed by atoms with Crippen LogP contribution in [0.15, 0.2) is 47.0 Å². The third kappa shape index (κ3) is 4.38. The monoisotopic (exact) mass is 375 g/mol. The molecule has 3 aromatic rings. The van der Waals surface area contributed by atoms with Crippen LogP contribution in [0.5, 0.6) is 0 Å². The second-order valence-electron chi connectivity index (χ2n) is 5.52. The Kier molecular flexibility index (Phi) is 5.36. The van der Waals surface area contributed by atoms with Crippen molar-refractivity contribution in [2.24, 2.45) is 0 Å². The fourth-order valence-electron chi connectivity index (χ4n) is 2.22. The van der Waals surface area contributed by atoms with Gasteiger partial charge in [-0.1, -0.05) is 64.3 Å². The Morgan fingerprint density at radius 2 is 1.80 bits per heavy atom. The third-order valence-electron chi connectivity index (χ3n) is 3.57. The van der Waals surface area contributed by atoms with E-state index in [9.17, 15) is 4.79 Å². The molecular weight excluding hydrogens is 361 g/mol. The van der Waals surface area contributed by atoms with E-state index in [0.29, 0.717) is 33.9 Å². The molecular formula is C18H15Cl2N3O2. The number of anilines is 1. The molecule has 1 aromatic heterocycles. The van der Waals surface area contributed by atoms with Crippen molar-refractivity contribution in [3.63, 3.8) is 0 Å². The van der Waals surface area contributed by atoms with Crippen molar-refractivity contribution in [3.8, 4) is 11.4 Å². The first-order valence-corrected chi connectivity index (χ1v) is 8.42. The molecule has 0 aliphatic rings. The van der Waals surface area contributed by atoms with Crippen molar-refractivity contribution < 1.29 is 9.32 Å². The van der Waals surface area contributed by atoms with Gasteiger partial charge in [-0.05, 0) is 19.1 Å². The van der Waals surface area contributed by atoms with Gasteiger partial charge in [0.15, 0.2) is 0 Å². The molecule has 0 unspecified atom stereocenters. The summed E-state index contributed by atoms with van der Waals surface area (Å²) in [5.74, 6) is 0.672. The lowest BCUT2D eigenvalue weighted by atomic mass is 10.1. The van der Waals surface area contributed by atoms with Crippen molar-refractivity contribution in [3.05, 3.63) is 64.0 Å². The van der Waals surface area contributed by atoms with E-state index in [1.54, 1.807) is 18.2 Å². The predicted molar refractivity (Wildman–Crippen MR) is 97.9 cm³/mol. The molecule has 1 N–H and O–H groups in total. The molecule has 0 saturated carbocycles. The Morgan fingerprint density at radius 1 is 1.12 bits per heavy atom. The van der Waals surface area contributed by atoms with Crippen LogP contribution in [-0.4, -0.2) is 16.0 Å². The van der Waals surface area contributed by atoms with Crippen molar-refractivity contribution in [1.29, 1.82) is 0 Å². The van der Waals surface area contributed by atoms with Crippen LogP contribution in [0.3, 0.4) is 0 Å². The van der Waals surface area contributed by atoms with Gasteiger partial charge in [0, 0.05) is 18.4 Å². The van der Waals surface area contributed by atoms with E-state index < -0.39 is 0 Å². The Bertz CT molecular complexity index is 871. The van der Waals surface area contributed by atoms with Gasteiger partial charge >= 0.3 is 0 Å². The molecule has 128 valence electrons. The molecule has 0 fully saturated rings. The van der Waals surface area contributed by atoms with Crippen LogP contribution in [0.4, 0.5) is 5.69 Å². The van der Waals surface area contributed by atoms with Gasteiger partial charge in [0.05, 0.1) is 15.7 Å². The molecule has 0 bridgehead atoms. The number of hydrogen-bond acceptors (Lipinski definition) is 4. The standard InChI is InChI=1S/C18H15Cl2N3O2/c1-11-5-7-12(8-6-11)18-22-16(25-23-18)10-9-15(24)21-17-13(19)3-2-4-14(17)20/h2-8H,9-10H2,1H3,(H,21,24). The Labute approximate surface area is 155 Å². The number of nitrogens with zero attached hydrogens (tertiary/aromatic N) is 2. The zero-order valence-corrected chi connectivity index (χ0v) is 14.9. The van der Waals surface area contributed by atoms with Gasteiger partial charge in [-0.3, -0.25) is 4.79 Å². The number of aromatic nitrogens is 2. The number of carbonyl (C=O) groups excluding carboxylic acids is 1. The summed E-state index contributed by atoms with van der Waals surface area (Å²) in [6, 6.07) is 12.8. The highest BCUT2D eigenvalue weighted by molar-refractivity contribution is 6.39. The summed E-state index contributed by atoms with van der Waals surface area (Å²) in [7, 11) is 0. The molecule has 25 heavy (non-hydrogen) atoms. The topological polar surface area (TPSA) is 68.0 Å². The maximum absolute atomic E-state index is 12.1. The van der Waals surface area contributed by atoms with E-state index in [0.717, 1.165) is 11.1 Å². The number of amides is 1. The summed E-state index contributed by atoms with van der Waals surface area (Å²) in [5.41, 5.74) is 2.43. The SMILES string of the molecule is Cc1ccc(-c2noc(CCC(=O)Nc3c(Cl)cccc3Cl)n2)cc1.